The van der Waals surface area contributed by atoms with Crippen molar-refractivity contribution in [3.05, 3.63) is 22.7 Å². The number of nitrogens with zero attached hydrogens (tertiary/aromatic N) is 1. The maximum absolute atomic E-state index is 12.0. The third-order valence-corrected chi connectivity index (χ3v) is 4.45. The van der Waals surface area contributed by atoms with E-state index in [1.807, 2.05) is 0 Å². The summed E-state index contributed by atoms with van der Waals surface area (Å²) in [6.45, 7) is 6.64. The zero-order chi connectivity index (χ0) is 16.1. The molecule has 1 aromatic rings. The van der Waals surface area contributed by atoms with Crippen LogP contribution in [0, 0.1) is 5.92 Å². The van der Waals surface area contributed by atoms with Crippen molar-refractivity contribution in [2.75, 3.05) is 30.3 Å². The predicted molar refractivity (Wildman–Crippen MR) is 91.7 cm³/mol. The molecular formula is C17H25ClN2O2. The molecular weight excluding hydrogens is 300 g/mol. The molecule has 1 aliphatic heterocycles. The molecule has 1 saturated heterocycles. The van der Waals surface area contributed by atoms with E-state index in [1.165, 1.54) is 0 Å². The number of ether oxygens (including phenoxy) is 1. The number of benzene rings is 1. The zero-order valence-electron chi connectivity index (χ0n) is 13.4. The van der Waals surface area contributed by atoms with E-state index in [1.54, 1.807) is 12.1 Å². The molecule has 1 aromatic carbocycles. The summed E-state index contributed by atoms with van der Waals surface area (Å²) in [5.41, 5.74) is 7.96. The quantitative estimate of drug-likeness (QED) is 0.503. The van der Waals surface area contributed by atoms with Gasteiger partial charge in [0.1, 0.15) is 0 Å². The first kappa shape index (κ1) is 16.9. The minimum Gasteiger partial charge on any atom is -0.462 e. The van der Waals surface area contributed by atoms with Crippen LogP contribution in [0.5, 0.6) is 0 Å². The molecule has 0 radical (unpaired) electrons. The number of carbonyl (C=O) groups excluding carboxylic acids is 1. The molecule has 0 unspecified atom stereocenters. The average molecular weight is 325 g/mol. The molecule has 0 aliphatic carbocycles. The van der Waals surface area contributed by atoms with Gasteiger partial charge in [-0.2, -0.15) is 0 Å². The van der Waals surface area contributed by atoms with Gasteiger partial charge in [0.05, 0.1) is 28.6 Å². The molecule has 22 heavy (non-hydrogen) atoms. The van der Waals surface area contributed by atoms with Gasteiger partial charge in [0.15, 0.2) is 0 Å². The number of nitrogen functional groups attached to an aromatic ring is 1. The van der Waals surface area contributed by atoms with Gasteiger partial charge < -0.3 is 15.4 Å². The van der Waals surface area contributed by atoms with Crippen LogP contribution in [0.3, 0.4) is 0 Å². The fourth-order valence-corrected chi connectivity index (χ4v) is 3.04. The van der Waals surface area contributed by atoms with Gasteiger partial charge in [-0.1, -0.05) is 31.9 Å². The number of nitrogens with two attached hydrogens (primary N) is 1. The van der Waals surface area contributed by atoms with Gasteiger partial charge in [0.25, 0.3) is 0 Å². The van der Waals surface area contributed by atoms with Gasteiger partial charge in [-0.3, -0.25) is 0 Å². The van der Waals surface area contributed by atoms with Gasteiger partial charge in [0.2, 0.25) is 0 Å². The third-order valence-electron chi connectivity index (χ3n) is 4.16. The van der Waals surface area contributed by atoms with Crippen molar-refractivity contribution in [3.8, 4) is 0 Å². The van der Waals surface area contributed by atoms with Crippen molar-refractivity contribution < 1.29 is 9.53 Å². The van der Waals surface area contributed by atoms with Crippen LogP contribution in [0.4, 0.5) is 11.4 Å². The molecule has 122 valence electrons. The molecule has 0 bridgehead atoms. The van der Waals surface area contributed by atoms with Crippen molar-refractivity contribution in [3.63, 3.8) is 0 Å². The van der Waals surface area contributed by atoms with Crippen molar-refractivity contribution in [1.29, 1.82) is 0 Å². The number of esters is 1. The van der Waals surface area contributed by atoms with E-state index in [-0.39, 0.29) is 5.97 Å². The summed E-state index contributed by atoms with van der Waals surface area (Å²) < 4.78 is 5.21. The van der Waals surface area contributed by atoms with Crippen molar-refractivity contribution >= 4 is 28.9 Å². The van der Waals surface area contributed by atoms with Crippen LogP contribution >= 0.6 is 11.6 Å². The van der Waals surface area contributed by atoms with Crippen LogP contribution < -0.4 is 10.6 Å². The highest BCUT2D eigenvalue weighted by Gasteiger charge is 2.21. The Morgan fingerprint density at radius 1 is 1.41 bits per heavy atom. The average Bonchev–Trinajstić information content (AvgIpc) is 2.48. The minimum atomic E-state index is -0.360. The Labute approximate surface area is 137 Å². The fraction of sp³-hybridized carbons (Fsp3) is 0.588. The lowest BCUT2D eigenvalue weighted by molar-refractivity contribution is 0.0500. The van der Waals surface area contributed by atoms with E-state index in [4.69, 9.17) is 22.1 Å². The number of unbranched alkanes of at least 4 members (excludes halogenated alkanes) is 1. The summed E-state index contributed by atoms with van der Waals surface area (Å²) in [6, 6.07) is 3.34. The van der Waals surface area contributed by atoms with Crippen LogP contribution in [0.1, 0.15) is 49.9 Å². The van der Waals surface area contributed by atoms with E-state index in [2.05, 4.69) is 18.7 Å². The predicted octanol–water partition coefficient (Wildman–Crippen LogP) is 4.12. The molecule has 0 spiro atoms. The number of halogens is 1. The van der Waals surface area contributed by atoms with Crippen LogP contribution in [0.25, 0.3) is 0 Å². The molecule has 0 amide bonds. The van der Waals surface area contributed by atoms with Crippen LogP contribution in [-0.2, 0) is 4.74 Å². The highest BCUT2D eigenvalue weighted by molar-refractivity contribution is 6.34. The SMILES string of the molecule is CCCCOC(=O)c1cc(N)c(N2CCC(C)CC2)c(Cl)c1. The molecule has 1 fully saturated rings. The second kappa shape index (κ2) is 7.73. The Hall–Kier alpha value is -1.42. The number of rotatable bonds is 5. The van der Waals surface area contributed by atoms with E-state index in [9.17, 15) is 4.79 Å². The van der Waals surface area contributed by atoms with Crippen LogP contribution in [-0.4, -0.2) is 25.7 Å². The van der Waals surface area contributed by atoms with Gasteiger partial charge in [-0.25, -0.2) is 4.79 Å². The van der Waals surface area contributed by atoms with Gasteiger partial charge in [0, 0.05) is 13.1 Å². The lowest BCUT2D eigenvalue weighted by atomic mass is 9.98. The first-order valence-corrected chi connectivity index (χ1v) is 8.41. The number of piperidine rings is 1. The van der Waals surface area contributed by atoms with Crippen LogP contribution in [0.15, 0.2) is 12.1 Å². The highest BCUT2D eigenvalue weighted by Crippen LogP contribution is 2.36. The van der Waals surface area contributed by atoms with E-state index >= 15 is 0 Å². The lowest BCUT2D eigenvalue weighted by Gasteiger charge is -2.33. The summed E-state index contributed by atoms with van der Waals surface area (Å²) in [5, 5.41) is 0.525. The Balaban J connectivity index is 2.12. The number of carbonyl (C=O) groups is 1. The van der Waals surface area contributed by atoms with E-state index in [0.717, 1.165) is 50.4 Å². The summed E-state index contributed by atoms with van der Waals surface area (Å²) in [7, 11) is 0. The standard InChI is InChI=1S/C17H25ClN2O2/c1-3-4-9-22-17(21)13-10-14(18)16(15(19)11-13)20-7-5-12(2)6-8-20/h10-12H,3-9,19H2,1-2H3. The Morgan fingerprint density at radius 3 is 2.68 bits per heavy atom. The third kappa shape index (κ3) is 4.07. The molecule has 0 saturated carbocycles. The summed E-state index contributed by atoms with van der Waals surface area (Å²) in [6.07, 6.45) is 4.12. The van der Waals surface area contributed by atoms with Crippen molar-refractivity contribution in [2.24, 2.45) is 5.92 Å². The summed E-state index contributed by atoms with van der Waals surface area (Å²) in [4.78, 5) is 14.2. The monoisotopic (exact) mass is 324 g/mol. The zero-order valence-corrected chi connectivity index (χ0v) is 14.2. The number of hydrogen-bond acceptors (Lipinski definition) is 4. The molecule has 1 aliphatic rings. The maximum atomic E-state index is 12.0. The van der Waals surface area contributed by atoms with Crippen molar-refractivity contribution in [1.82, 2.24) is 0 Å². The molecule has 5 heteroatoms. The molecule has 0 atom stereocenters. The minimum absolute atomic E-state index is 0.360. The lowest BCUT2D eigenvalue weighted by Crippen LogP contribution is -2.33. The van der Waals surface area contributed by atoms with E-state index < -0.39 is 0 Å². The summed E-state index contributed by atoms with van der Waals surface area (Å²) in [5.74, 6) is 0.380. The number of hydrogen-bond donors (Lipinski definition) is 1. The first-order valence-electron chi connectivity index (χ1n) is 8.04. The normalized spacial score (nSPS) is 15.9. The fourth-order valence-electron chi connectivity index (χ4n) is 2.70. The maximum Gasteiger partial charge on any atom is 0.338 e. The molecule has 2 rings (SSSR count). The van der Waals surface area contributed by atoms with Crippen molar-refractivity contribution in [2.45, 2.75) is 39.5 Å². The molecule has 4 nitrogen and oxygen atoms in total. The largest absolute Gasteiger partial charge is 0.462 e. The molecule has 1 heterocycles. The summed E-state index contributed by atoms with van der Waals surface area (Å²) >= 11 is 6.38. The van der Waals surface area contributed by atoms with Gasteiger partial charge >= 0.3 is 5.97 Å². The Kier molecular flexibility index (Phi) is 5.95. The smallest absolute Gasteiger partial charge is 0.338 e. The topological polar surface area (TPSA) is 55.6 Å². The van der Waals surface area contributed by atoms with Gasteiger partial charge in [-0.05, 0) is 37.3 Å². The second-order valence-electron chi connectivity index (χ2n) is 6.05. The Bertz CT molecular complexity index is 502. The molecule has 0 aromatic heterocycles. The molecule has 2 N–H and O–H groups in total. The second-order valence-corrected chi connectivity index (χ2v) is 6.46. The number of anilines is 2. The van der Waals surface area contributed by atoms with E-state index in [0.29, 0.717) is 22.9 Å². The highest BCUT2D eigenvalue weighted by atomic mass is 35.5. The van der Waals surface area contributed by atoms with Gasteiger partial charge in [-0.15, -0.1) is 0 Å². The Morgan fingerprint density at radius 2 is 2.09 bits per heavy atom. The van der Waals surface area contributed by atoms with Crippen LogP contribution in [0.2, 0.25) is 5.02 Å². The first-order chi connectivity index (χ1) is 10.5.